The molecular formula is C20H17N5O2. The maximum absolute atomic E-state index is 12.0. The number of esters is 1. The number of nitrogens with zero attached hydrogens (tertiary/aromatic N) is 3. The fourth-order valence-electron chi connectivity index (χ4n) is 2.95. The van der Waals surface area contributed by atoms with Crippen LogP contribution in [0.3, 0.4) is 0 Å². The number of rotatable bonds is 3. The highest BCUT2D eigenvalue weighted by Crippen LogP contribution is 2.31. The fraction of sp³-hybridized carbons (Fsp3) is 0.100. The topological polar surface area (TPSA) is 107 Å². The van der Waals surface area contributed by atoms with Gasteiger partial charge in [-0.2, -0.15) is 0 Å². The van der Waals surface area contributed by atoms with Crippen LogP contribution in [0.4, 0.5) is 5.82 Å². The normalized spacial score (nSPS) is 10.9. The molecule has 4 aromatic rings. The molecule has 0 atom stereocenters. The first-order valence-electron chi connectivity index (χ1n) is 8.32. The molecule has 0 aliphatic rings. The zero-order valence-electron chi connectivity index (χ0n) is 14.9. The van der Waals surface area contributed by atoms with Crippen LogP contribution in [0.25, 0.3) is 33.4 Å². The summed E-state index contributed by atoms with van der Waals surface area (Å²) in [5.41, 5.74) is 11.3. The summed E-state index contributed by atoms with van der Waals surface area (Å²) in [6.07, 6.45) is 4.91. The Hall–Kier alpha value is -3.74. The SMILES string of the molecule is COC(=O)c1cnc(N)c2[nH]c(-c3cccc(-c4cnc(C)cn4)c3)cc12. The average Bonchev–Trinajstić information content (AvgIpc) is 3.15. The highest BCUT2D eigenvalue weighted by atomic mass is 16.5. The molecule has 0 fully saturated rings. The lowest BCUT2D eigenvalue weighted by Gasteiger charge is -2.04. The Kier molecular flexibility index (Phi) is 4.04. The van der Waals surface area contributed by atoms with Crippen LogP contribution in [0.15, 0.2) is 48.9 Å². The first-order chi connectivity index (χ1) is 13.1. The van der Waals surface area contributed by atoms with Gasteiger partial charge in [-0.25, -0.2) is 9.78 Å². The van der Waals surface area contributed by atoms with E-state index in [0.29, 0.717) is 22.3 Å². The Bertz CT molecular complexity index is 1150. The zero-order chi connectivity index (χ0) is 19.0. The van der Waals surface area contributed by atoms with E-state index in [4.69, 9.17) is 10.5 Å². The van der Waals surface area contributed by atoms with Crippen molar-refractivity contribution in [2.24, 2.45) is 0 Å². The molecule has 0 aliphatic carbocycles. The largest absolute Gasteiger partial charge is 0.465 e. The number of aromatic amines is 1. The predicted octanol–water partition coefficient (Wildman–Crippen LogP) is 3.36. The van der Waals surface area contributed by atoms with Crippen molar-refractivity contribution < 1.29 is 9.53 Å². The number of ether oxygens (including phenoxy) is 1. The van der Waals surface area contributed by atoms with Crippen LogP contribution in [0.1, 0.15) is 16.1 Å². The van der Waals surface area contributed by atoms with Crippen molar-refractivity contribution in [3.63, 3.8) is 0 Å². The quantitative estimate of drug-likeness (QED) is 0.543. The molecular weight excluding hydrogens is 342 g/mol. The van der Waals surface area contributed by atoms with Gasteiger partial charge in [-0.15, -0.1) is 0 Å². The number of nitrogens with one attached hydrogen (secondary N) is 1. The van der Waals surface area contributed by atoms with E-state index in [0.717, 1.165) is 28.2 Å². The van der Waals surface area contributed by atoms with Gasteiger partial charge in [-0.05, 0) is 24.6 Å². The van der Waals surface area contributed by atoms with Gasteiger partial charge in [0.05, 0.1) is 35.8 Å². The molecule has 0 saturated carbocycles. The smallest absolute Gasteiger partial charge is 0.340 e. The molecule has 1 aromatic carbocycles. The standard InChI is InChI=1S/C20H17N5O2/c1-11-8-23-17(10-22-11)13-5-3-4-12(6-13)16-7-14-15(20(26)27-2)9-24-19(21)18(14)25-16/h3-10,25H,1-2H3,(H2,21,24). The second-order valence-corrected chi connectivity index (χ2v) is 6.14. The maximum Gasteiger partial charge on any atom is 0.340 e. The third-order valence-electron chi connectivity index (χ3n) is 4.35. The molecule has 7 nitrogen and oxygen atoms in total. The van der Waals surface area contributed by atoms with Gasteiger partial charge in [0.1, 0.15) is 5.82 Å². The maximum atomic E-state index is 12.0. The van der Waals surface area contributed by atoms with Crippen LogP contribution in [-0.4, -0.2) is 33.0 Å². The van der Waals surface area contributed by atoms with E-state index in [1.807, 2.05) is 37.3 Å². The number of hydrogen-bond acceptors (Lipinski definition) is 6. The number of hydrogen-bond donors (Lipinski definition) is 2. The number of aromatic nitrogens is 4. The monoisotopic (exact) mass is 359 g/mol. The second kappa shape index (κ2) is 6.53. The number of anilines is 1. The van der Waals surface area contributed by atoms with E-state index in [1.54, 1.807) is 12.4 Å². The van der Waals surface area contributed by atoms with Crippen molar-refractivity contribution in [2.75, 3.05) is 12.8 Å². The Morgan fingerprint density at radius 2 is 1.89 bits per heavy atom. The van der Waals surface area contributed by atoms with Crippen LogP contribution >= 0.6 is 0 Å². The van der Waals surface area contributed by atoms with E-state index >= 15 is 0 Å². The van der Waals surface area contributed by atoms with Crippen molar-refractivity contribution in [3.8, 4) is 22.5 Å². The summed E-state index contributed by atoms with van der Waals surface area (Å²) in [7, 11) is 1.34. The molecule has 0 spiro atoms. The third kappa shape index (κ3) is 2.99. The molecule has 0 saturated heterocycles. The number of nitrogen functional groups attached to an aromatic ring is 1. The van der Waals surface area contributed by atoms with Crippen molar-refractivity contribution in [1.82, 2.24) is 19.9 Å². The summed E-state index contributed by atoms with van der Waals surface area (Å²) in [5.74, 6) is -0.133. The van der Waals surface area contributed by atoms with Gasteiger partial charge in [0.25, 0.3) is 0 Å². The van der Waals surface area contributed by atoms with E-state index in [2.05, 4.69) is 19.9 Å². The Morgan fingerprint density at radius 3 is 2.63 bits per heavy atom. The minimum Gasteiger partial charge on any atom is -0.465 e. The first kappa shape index (κ1) is 16.7. The van der Waals surface area contributed by atoms with Gasteiger partial charge in [0, 0.05) is 29.0 Å². The van der Waals surface area contributed by atoms with Crippen LogP contribution < -0.4 is 5.73 Å². The number of H-pyrrole nitrogens is 1. The molecule has 3 N–H and O–H groups in total. The molecule has 0 aliphatic heterocycles. The lowest BCUT2D eigenvalue weighted by atomic mass is 10.1. The minimum atomic E-state index is -0.457. The molecule has 3 heterocycles. The Balaban J connectivity index is 1.83. The number of carbonyl (C=O) groups is 1. The molecule has 0 radical (unpaired) electrons. The van der Waals surface area contributed by atoms with Gasteiger partial charge in [0.2, 0.25) is 0 Å². The second-order valence-electron chi connectivity index (χ2n) is 6.14. The number of aryl methyl sites for hydroxylation is 1. The van der Waals surface area contributed by atoms with Gasteiger partial charge < -0.3 is 15.5 Å². The summed E-state index contributed by atoms with van der Waals surface area (Å²) in [4.78, 5) is 28.1. The van der Waals surface area contributed by atoms with Crippen molar-refractivity contribution in [1.29, 1.82) is 0 Å². The van der Waals surface area contributed by atoms with Gasteiger partial charge in [-0.3, -0.25) is 9.97 Å². The van der Waals surface area contributed by atoms with Gasteiger partial charge in [0.15, 0.2) is 0 Å². The first-order valence-corrected chi connectivity index (χ1v) is 8.32. The zero-order valence-corrected chi connectivity index (χ0v) is 14.9. The molecule has 0 unspecified atom stereocenters. The number of fused-ring (bicyclic) bond motifs is 1. The molecule has 3 aromatic heterocycles. The van der Waals surface area contributed by atoms with Crippen LogP contribution in [0.5, 0.6) is 0 Å². The molecule has 7 heteroatoms. The fourth-order valence-corrected chi connectivity index (χ4v) is 2.95. The van der Waals surface area contributed by atoms with Crippen LogP contribution in [0.2, 0.25) is 0 Å². The summed E-state index contributed by atoms with van der Waals surface area (Å²) >= 11 is 0. The molecule has 134 valence electrons. The molecule has 0 bridgehead atoms. The van der Waals surface area contributed by atoms with Crippen LogP contribution in [0, 0.1) is 6.92 Å². The predicted molar refractivity (Wildman–Crippen MR) is 103 cm³/mol. The number of pyridine rings is 1. The number of benzene rings is 1. The lowest BCUT2D eigenvalue weighted by molar-refractivity contribution is 0.0602. The summed E-state index contributed by atoms with van der Waals surface area (Å²) in [6.45, 7) is 1.90. The summed E-state index contributed by atoms with van der Waals surface area (Å²) in [6, 6.07) is 9.77. The van der Waals surface area contributed by atoms with Crippen molar-refractivity contribution in [3.05, 3.63) is 60.2 Å². The molecule has 0 amide bonds. The minimum absolute atomic E-state index is 0.324. The van der Waals surface area contributed by atoms with E-state index in [1.165, 1.54) is 13.3 Å². The van der Waals surface area contributed by atoms with Crippen molar-refractivity contribution in [2.45, 2.75) is 6.92 Å². The lowest BCUT2D eigenvalue weighted by Crippen LogP contribution is -2.03. The van der Waals surface area contributed by atoms with E-state index < -0.39 is 5.97 Å². The van der Waals surface area contributed by atoms with Gasteiger partial charge in [-0.1, -0.05) is 18.2 Å². The van der Waals surface area contributed by atoms with Gasteiger partial charge >= 0.3 is 5.97 Å². The van der Waals surface area contributed by atoms with Crippen LogP contribution in [-0.2, 0) is 4.74 Å². The van der Waals surface area contributed by atoms with Crippen molar-refractivity contribution >= 4 is 22.7 Å². The van der Waals surface area contributed by atoms with E-state index in [9.17, 15) is 4.79 Å². The summed E-state index contributed by atoms with van der Waals surface area (Å²) in [5, 5.41) is 0.671. The highest BCUT2D eigenvalue weighted by molar-refractivity contribution is 6.07. The Morgan fingerprint density at radius 1 is 1.07 bits per heavy atom. The highest BCUT2D eigenvalue weighted by Gasteiger charge is 2.16. The number of nitrogens with two attached hydrogens (primary N) is 1. The van der Waals surface area contributed by atoms with E-state index in [-0.39, 0.29) is 0 Å². The number of carbonyl (C=O) groups excluding carboxylic acids is 1. The molecule has 27 heavy (non-hydrogen) atoms. The third-order valence-corrected chi connectivity index (χ3v) is 4.35. The Labute approximate surface area is 155 Å². The summed E-state index contributed by atoms with van der Waals surface area (Å²) < 4.78 is 4.84. The molecule has 4 rings (SSSR count). The number of methoxy groups -OCH3 is 1. The average molecular weight is 359 g/mol.